The molecule has 0 aromatic heterocycles. The van der Waals surface area contributed by atoms with Crippen LogP contribution in [0.15, 0.2) is 18.2 Å². The second-order valence-corrected chi connectivity index (χ2v) is 5.31. The summed E-state index contributed by atoms with van der Waals surface area (Å²) in [6.07, 6.45) is -4.26. The maximum Gasteiger partial charge on any atom is 0.417 e. The highest BCUT2D eigenvalue weighted by atomic mass is 19.4. The van der Waals surface area contributed by atoms with Gasteiger partial charge < -0.3 is 4.90 Å². The molecule has 0 aliphatic carbocycles. The van der Waals surface area contributed by atoms with Crippen molar-refractivity contribution in [3.63, 3.8) is 0 Å². The predicted octanol–water partition coefficient (Wildman–Crippen LogP) is 3.05. The van der Waals surface area contributed by atoms with E-state index in [9.17, 15) is 18.0 Å². The maximum absolute atomic E-state index is 13.0. The Morgan fingerprint density at radius 2 is 2.05 bits per heavy atom. The van der Waals surface area contributed by atoms with Gasteiger partial charge >= 0.3 is 6.18 Å². The van der Waals surface area contributed by atoms with Gasteiger partial charge in [0.2, 0.25) is 0 Å². The van der Waals surface area contributed by atoms with Gasteiger partial charge in [0.1, 0.15) is 0 Å². The lowest BCUT2D eigenvalue weighted by molar-refractivity contribution is -0.137. The summed E-state index contributed by atoms with van der Waals surface area (Å²) in [5.74, 6) is 0. The molecule has 2 rings (SSSR count). The van der Waals surface area contributed by atoms with Crippen molar-refractivity contribution >= 4 is 12.0 Å². The lowest BCUT2D eigenvalue weighted by atomic mass is 10.1. The molecule has 116 valence electrons. The quantitative estimate of drug-likeness (QED) is 0.802. The Hall–Kier alpha value is -1.56. The molecule has 1 heterocycles. The van der Waals surface area contributed by atoms with Crippen LogP contribution in [-0.2, 0) is 6.18 Å². The molecule has 1 aliphatic heterocycles. The van der Waals surface area contributed by atoms with Crippen LogP contribution in [0.5, 0.6) is 0 Å². The van der Waals surface area contributed by atoms with E-state index in [0.29, 0.717) is 24.8 Å². The van der Waals surface area contributed by atoms with Crippen LogP contribution in [0.3, 0.4) is 0 Å². The Kier molecular flexibility index (Phi) is 4.56. The Balaban J connectivity index is 2.27. The zero-order valence-electron chi connectivity index (χ0n) is 12.2. The van der Waals surface area contributed by atoms with Crippen LogP contribution in [0.1, 0.15) is 29.8 Å². The normalized spacial score (nSPS) is 20.6. The van der Waals surface area contributed by atoms with E-state index < -0.39 is 11.7 Å². The van der Waals surface area contributed by atoms with Crippen molar-refractivity contribution in [2.75, 3.05) is 31.1 Å². The topological polar surface area (TPSA) is 23.6 Å². The molecule has 0 amide bonds. The zero-order chi connectivity index (χ0) is 15.6. The number of halogens is 3. The highest BCUT2D eigenvalue weighted by molar-refractivity contribution is 5.79. The van der Waals surface area contributed by atoms with E-state index in [-0.39, 0.29) is 11.8 Å². The fourth-order valence-corrected chi connectivity index (χ4v) is 2.79. The number of hydrogen-bond donors (Lipinski definition) is 0. The van der Waals surface area contributed by atoms with Gasteiger partial charge in [0.05, 0.1) is 5.56 Å². The molecule has 0 spiro atoms. The summed E-state index contributed by atoms with van der Waals surface area (Å²) >= 11 is 0. The summed E-state index contributed by atoms with van der Waals surface area (Å²) < 4.78 is 39.0. The number of carbonyl (C=O) groups excluding carboxylic acids is 1. The minimum atomic E-state index is -4.51. The Labute approximate surface area is 122 Å². The lowest BCUT2D eigenvalue weighted by Gasteiger charge is -2.40. The lowest BCUT2D eigenvalue weighted by Crippen LogP contribution is -2.51. The molecule has 6 heteroatoms. The first-order valence-corrected chi connectivity index (χ1v) is 7.02. The average molecular weight is 300 g/mol. The smallest absolute Gasteiger partial charge is 0.369 e. The van der Waals surface area contributed by atoms with Gasteiger partial charge in [-0.1, -0.05) is 6.92 Å². The second-order valence-electron chi connectivity index (χ2n) is 5.31. The number of alkyl halides is 3. The summed E-state index contributed by atoms with van der Waals surface area (Å²) in [7, 11) is 0. The molecule has 1 aromatic carbocycles. The molecular formula is C15H19F3N2O. The van der Waals surface area contributed by atoms with Crippen molar-refractivity contribution in [2.24, 2.45) is 0 Å². The van der Waals surface area contributed by atoms with Crippen LogP contribution in [0, 0.1) is 0 Å². The third kappa shape index (κ3) is 3.37. The largest absolute Gasteiger partial charge is 0.417 e. The van der Waals surface area contributed by atoms with Gasteiger partial charge in [-0.2, -0.15) is 13.2 Å². The molecule has 3 nitrogen and oxygen atoms in total. The number of carbonyl (C=O) groups is 1. The minimum absolute atomic E-state index is 0.254. The molecule has 0 N–H and O–H groups in total. The molecule has 1 aliphatic rings. The number of hydrogen-bond acceptors (Lipinski definition) is 3. The number of rotatable bonds is 3. The second kappa shape index (κ2) is 6.05. The number of benzene rings is 1. The first-order valence-electron chi connectivity index (χ1n) is 7.02. The van der Waals surface area contributed by atoms with Gasteiger partial charge in [-0.25, -0.2) is 0 Å². The first-order chi connectivity index (χ1) is 9.86. The number of nitrogens with zero attached hydrogens (tertiary/aromatic N) is 2. The van der Waals surface area contributed by atoms with E-state index in [1.165, 1.54) is 6.07 Å². The minimum Gasteiger partial charge on any atom is -0.369 e. The van der Waals surface area contributed by atoms with Gasteiger partial charge in [0.15, 0.2) is 6.29 Å². The Bertz CT molecular complexity index is 516. The van der Waals surface area contributed by atoms with Crippen molar-refractivity contribution < 1.29 is 18.0 Å². The third-order valence-electron chi connectivity index (χ3n) is 4.01. The third-order valence-corrected chi connectivity index (χ3v) is 4.01. The number of aldehydes is 1. The first kappa shape index (κ1) is 15.8. The number of anilines is 1. The highest BCUT2D eigenvalue weighted by Crippen LogP contribution is 2.34. The van der Waals surface area contributed by atoms with Crippen molar-refractivity contribution in [2.45, 2.75) is 26.1 Å². The van der Waals surface area contributed by atoms with Gasteiger partial charge in [-0.3, -0.25) is 9.69 Å². The van der Waals surface area contributed by atoms with E-state index in [1.807, 2.05) is 4.90 Å². The standard InChI is InChI=1S/C15H19F3N2O/c1-3-19-6-7-20(9-11(19)2)13-5-4-12(10-21)14(8-13)15(16,17)18/h4-5,8,10-11H,3,6-7,9H2,1-2H3. The van der Waals surface area contributed by atoms with Crippen LogP contribution in [0.4, 0.5) is 18.9 Å². The molecule has 21 heavy (non-hydrogen) atoms. The van der Waals surface area contributed by atoms with E-state index >= 15 is 0 Å². The summed E-state index contributed by atoms with van der Waals surface area (Å²) in [6, 6.07) is 4.22. The predicted molar refractivity (Wildman–Crippen MR) is 75.8 cm³/mol. The Morgan fingerprint density at radius 3 is 2.57 bits per heavy atom. The molecule has 0 saturated carbocycles. The van der Waals surface area contributed by atoms with Crippen molar-refractivity contribution in [1.82, 2.24) is 4.90 Å². The van der Waals surface area contributed by atoms with Crippen LogP contribution < -0.4 is 4.90 Å². The van der Waals surface area contributed by atoms with Crippen LogP contribution >= 0.6 is 0 Å². The molecule has 1 unspecified atom stereocenters. The molecular weight excluding hydrogens is 281 g/mol. The van der Waals surface area contributed by atoms with Crippen LogP contribution in [0.25, 0.3) is 0 Å². The van der Waals surface area contributed by atoms with E-state index in [4.69, 9.17) is 0 Å². The number of piperazine rings is 1. The average Bonchev–Trinajstić information content (AvgIpc) is 2.45. The van der Waals surface area contributed by atoms with Gasteiger partial charge in [-0.05, 0) is 31.7 Å². The summed E-state index contributed by atoms with van der Waals surface area (Å²) in [5.41, 5.74) is -0.650. The van der Waals surface area contributed by atoms with Crippen molar-refractivity contribution in [1.29, 1.82) is 0 Å². The van der Waals surface area contributed by atoms with E-state index in [2.05, 4.69) is 18.7 Å². The maximum atomic E-state index is 13.0. The molecule has 1 aromatic rings. The van der Waals surface area contributed by atoms with Gasteiger partial charge in [-0.15, -0.1) is 0 Å². The van der Waals surface area contributed by atoms with Crippen molar-refractivity contribution in [3.8, 4) is 0 Å². The molecule has 1 fully saturated rings. The number of likely N-dealkylation sites (N-methyl/N-ethyl adjacent to an activating group) is 1. The van der Waals surface area contributed by atoms with E-state index in [0.717, 1.165) is 19.2 Å². The molecule has 0 radical (unpaired) electrons. The SMILES string of the molecule is CCN1CCN(c2ccc(C=O)c(C(F)(F)F)c2)CC1C. The van der Waals surface area contributed by atoms with Crippen LogP contribution in [-0.4, -0.2) is 43.4 Å². The van der Waals surface area contributed by atoms with Crippen molar-refractivity contribution in [3.05, 3.63) is 29.3 Å². The fraction of sp³-hybridized carbons (Fsp3) is 0.533. The summed E-state index contributed by atoms with van der Waals surface area (Å²) in [5, 5.41) is 0. The van der Waals surface area contributed by atoms with Gasteiger partial charge in [0, 0.05) is 36.9 Å². The zero-order valence-corrected chi connectivity index (χ0v) is 12.2. The van der Waals surface area contributed by atoms with E-state index in [1.54, 1.807) is 6.07 Å². The monoisotopic (exact) mass is 300 g/mol. The summed E-state index contributed by atoms with van der Waals surface area (Å²) in [4.78, 5) is 15.0. The highest BCUT2D eigenvalue weighted by Gasteiger charge is 2.34. The van der Waals surface area contributed by atoms with Crippen LogP contribution in [0.2, 0.25) is 0 Å². The van der Waals surface area contributed by atoms with Gasteiger partial charge in [0.25, 0.3) is 0 Å². The Morgan fingerprint density at radius 1 is 1.33 bits per heavy atom. The molecule has 1 atom stereocenters. The molecule has 1 saturated heterocycles. The fourth-order valence-electron chi connectivity index (χ4n) is 2.79. The molecule has 0 bridgehead atoms. The summed E-state index contributed by atoms with van der Waals surface area (Å²) in [6.45, 7) is 7.29.